The van der Waals surface area contributed by atoms with Crippen molar-refractivity contribution in [2.75, 3.05) is 0 Å². The maximum atomic E-state index is 13.6. The second-order valence-corrected chi connectivity index (χ2v) is 4.30. The highest BCUT2D eigenvalue weighted by Crippen LogP contribution is 2.10. The number of aromatic nitrogens is 2. The van der Waals surface area contributed by atoms with Crippen LogP contribution in [0, 0.1) is 5.82 Å². The zero-order valence-corrected chi connectivity index (χ0v) is 10.6. The lowest BCUT2D eigenvalue weighted by Gasteiger charge is -2.06. The fraction of sp³-hybridized carbons (Fsp3) is 0.231. The molecule has 0 fully saturated rings. The lowest BCUT2D eigenvalue weighted by atomic mass is 10.1. The van der Waals surface area contributed by atoms with Crippen LogP contribution in [0.3, 0.4) is 0 Å². The monoisotopic (exact) mass is 262 g/mol. The summed E-state index contributed by atoms with van der Waals surface area (Å²) in [6.07, 6.45) is 3.62. The van der Waals surface area contributed by atoms with Crippen LogP contribution in [0.2, 0.25) is 0 Å². The van der Waals surface area contributed by atoms with Gasteiger partial charge in [-0.3, -0.25) is 9.48 Å². The number of nitrogens with one attached hydrogen (secondary N) is 1. The van der Waals surface area contributed by atoms with Gasteiger partial charge < -0.3 is 11.1 Å². The second-order valence-electron chi connectivity index (χ2n) is 4.30. The molecule has 1 amide bonds. The Labute approximate surface area is 110 Å². The van der Waals surface area contributed by atoms with Crippen molar-refractivity contribution in [1.29, 1.82) is 0 Å². The first-order chi connectivity index (χ1) is 9.06. The number of amides is 1. The van der Waals surface area contributed by atoms with Gasteiger partial charge in [-0.15, -0.1) is 0 Å². The van der Waals surface area contributed by atoms with Crippen LogP contribution in [0.5, 0.6) is 0 Å². The summed E-state index contributed by atoms with van der Waals surface area (Å²) in [7, 11) is 1.83. The number of halogens is 1. The van der Waals surface area contributed by atoms with E-state index < -0.39 is 5.91 Å². The Kier molecular flexibility index (Phi) is 3.91. The zero-order chi connectivity index (χ0) is 13.8. The summed E-state index contributed by atoms with van der Waals surface area (Å²) in [5, 5.41) is 7.13. The quantitative estimate of drug-likeness (QED) is 0.842. The van der Waals surface area contributed by atoms with E-state index in [1.807, 2.05) is 13.2 Å². The summed E-state index contributed by atoms with van der Waals surface area (Å²) < 4.78 is 15.3. The van der Waals surface area contributed by atoms with E-state index in [-0.39, 0.29) is 5.82 Å². The van der Waals surface area contributed by atoms with Crippen LogP contribution in [0.1, 0.15) is 21.5 Å². The lowest BCUT2D eigenvalue weighted by Crippen LogP contribution is -2.16. The number of hydrogen-bond acceptors (Lipinski definition) is 3. The van der Waals surface area contributed by atoms with Crippen molar-refractivity contribution >= 4 is 5.91 Å². The van der Waals surface area contributed by atoms with Crippen LogP contribution in [0.15, 0.2) is 30.6 Å². The lowest BCUT2D eigenvalue weighted by molar-refractivity contribution is 0.1000. The van der Waals surface area contributed by atoms with Crippen molar-refractivity contribution in [1.82, 2.24) is 15.1 Å². The number of nitrogens with two attached hydrogens (primary N) is 1. The molecule has 2 aromatic rings. The minimum atomic E-state index is -0.562. The molecule has 5 nitrogen and oxygen atoms in total. The first-order valence-electron chi connectivity index (χ1n) is 5.82. The minimum absolute atomic E-state index is 0.305. The van der Waals surface area contributed by atoms with Gasteiger partial charge in [-0.25, -0.2) is 4.39 Å². The third-order valence-corrected chi connectivity index (χ3v) is 2.73. The van der Waals surface area contributed by atoms with Crippen LogP contribution in [0.4, 0.5) is 4.39 Å². The molecule has 0 aliphatic rings. The van der Waals surface area contributed by atoms with Crippen LogP contribution < -0.4 is 11.1 Å². The molecular formula is C13H15FN4O. The number of carbonyl (C=O) groups excluding carboxylic acids is 1. The maximum Gasteiger partial charge on any atom is 0.248 e. The third kappa shape index (κ3) is 3.38. The van der Waals surface area contributed by atoms with Gasteiger partial charge in [0.05, 0.1) is 6.20 Å². The molecule has 0 aliphatic heterocycles. The number of nitrogens with zero attached hydrogens (tertiary/aromatic N) is 2. The van der Waals surface area contributed by atoms with Gasteiger partial charge in [0, 0.05) is 43.0 Å². The van der Waals surface area contributed by atoms with E-state index in [1.54, 1.807) is 10.9 Å². The smallest absolute Gasteiger partial charge is 0.248 e. The zero-order valence-electron chi connectivity index (χ0n) is 10.6. The van der Waals surface area contributed by atoms with Gasteiger partial charge in [0.2, 0.25) is 5.91 Å². The Hall–Kier alpha value is -2.21. The average molecular weight is 262 g/mol. The van der Waals surface area contributed by atoms with Crippen molar-refractivity contribution in [3.63, 3.8) is 0 Å². The van der Waals surface area contributed by atoms with Gasteiger partial charge in [0.25, 0.3) is 0 Å². The molecule has 0 unspecified atom stereocenters. The number of carbonyl (C=O) groups is 1. The van der Waals surface area contributed by atoms with Gasteiger partial charge in [-0.2, -0.15) is 5.10 Å². The highest BCUT2D eigenvalue weighted by molar-refractivity contribution is 5.92. The van der Waals surface area contributed by atoms with Crippen molar-refractivity contribution in [3.8, 4) is 0 Å². The maximum absolute atomic E-state index is 13.6. The third-order valence-electron chi connectivity index (χ3n) is 2.73. The topological polar surface area (TPSA) is 72.9 Å². The molecule has 0 spiro atoms. The predicted molar refractivity (Wildman–Crippen MR) is 68.7 cm³/mol. The first kappa shape index (κ1) is 13.2. The predicted octanol–water partition coefficient (Wildman–Crippen LogP) is 0.948. The molecule has 0 saturated carbocycles. The molecule has 100 valence electrons. The van der Waals surface area contributed by atoms with Crippen LogP contribution >= 0.6 is 0 Å². The van der Waals surface area contributed by atoms with E-state index >= 15 is 0 Å². The standard InChI is InChI=1S/C13H15FN4O/c1-18-8-9(6-17-18)5-16-7-11-4-10(13(15)19)2-3-12(11)14/h2-4,6,8,16H,5,7H2,1H3,(H2,15,19). The van der Waals surface area contributed by atoms with E-state index in [9.17, 15) is 9.18 Å². The van der Waals surface area contributed by atoms with Gasteiger partial charge in [0.1, 0.15) is 5.82 Å². The molecule has 6 heteroatoms. The summed E-state index contributed by atoms with van der Waals surface area (Å²) in [5.41, 5.74) is 6.89. The number of rotatable bonds is 5. The first-order valence-corrected chi connectivity index (χ1v) is 5.82. The molecule has 3 N–H and O–H groups in total. The van der Waals surface area contributed by atoms with Crippen LogP contribution in [-0.4, -0.2) is 15.7 Å². The normalized spacial score (nSPS) is 10.6. The molecule has 19 heavy (non-hydrogen) atoms. The van der Waals surface area contributed by atoms with Crippen molar-refractivity contribution < 1.29 is 9.18 Å². The molecule has 0 aliphatic carbocycles. The Morgan fingerprint density at radius 1 is 1.47 bits per heavy atom. The molecule has 0 radical (unpaired) electrons. The Morgan fingerprint density at radius 3 is 2.89 bits per heavy atom. The van der Waals surface area contributed by atoms with Crippen molar-refractivity contribution in [3.05, 3.63) is 53.1 Å². The van der Waals surface area contributed by atoms with Crippen molar-refractivity contribution in [2.45, 2.75) is 13.1 Å². The number of benzene rings is 1. The van der Waals surface area contributed by atoms with Crippen molar-refractivity contribution in [2.24, 2.45) is 12.8 Å². The van der Waals surface area contributed by atoms with Gasteiger partial charge >= 0.3 is 0 Å². The highest BCUT2D eigenvalue weighted by atomic mass is 19.1. The molecule has 1 aromatic carbocycles. The Balaban J connectivity index is 1.99. The molecule has 1 heterocycles. The summed E-state index contributed by atoms with van der Waals surface area (Å²) in [5.74, 6) is -0.919. The fourth-order valence-corrected chi connectivity index (χ4v) is 1.77. The van der Waals surface area contributed by atoms with E-state index in [4.69, 9.17) is 5.73 Å². The highest BCUT2D eigenvalue weighted by Gasteiger charge is 2.07. The largest absolute Gasteiger partial charge is 0.366 e. The van der Waals surface area contributed by atoms with Gasteiger partial charge in [-0.1, -0.05) is 0 Å². The molecule has 0 saturated heterocycles. The minimum Gasteiger partial charge on any atom is -0.366 e. The number of hydrogen-bond donors (Lipinski definition) is 2. The molecule has 0 bridgehead atoms. The van der Waals surface area contributed by atoms with E-state index in [0.717, 1.165) is 5.56 Å². The average Bonchev–Trinajstić information content (AvgIpc) is 2.77. The second kappa shape index (κ2) is 5.62. The molecule has 2 rings (SSSR count). The number of primary amides is 1. The summed E-state index contributed by atoms with van der Waals surface area (Å²) in [6, 6.07) is 4.09. The van der Waals surface area contributed by atoms with E-state index in [1.165, 1.54) is 18.2 Å². The molecule has 0 atom stereocenters. The fourth-order valence-electron chi connectivity index (χ4n) is 1.77. The number of aryl methyl sites for hydroxylation is 1. The molecular weight excluding hydrogens is 247 g/mol. The van der Waals surface area contributed by atoms with E-state index in [2.05, 4.69) is 10.4 Å². The van der Waals surface area contributed by atoms with Crippen LogP contribution in [-0.2, 0) is 20.1 Å². The van der Waals surface area contributed by atoms with Gasteiger partial charge in [0.15, 0.2) is 0 Å². The van der Waals surface area contributed by atoms with Gasteiger partial charge in [-0.05, 0) is 18.2 Å². The summed E-state index contributed by atoms with van der Waals surface area (Å²) in [4.78, 5) is 11.0. The summed E-state index contributed by atoms with van der Waals surface area (Å²) >= 11 is 0. The summed E-state index contributed by atoms with van der Waals surface area (Å²) in [6.45, 7) is 0.899. The van der Waals surface area contributed by atoms with E-state index in [0.29, 0.717) is 24.2 Å². The Bertz CT molecular complexity index is 594. The Morgan fingerprint density at radius 2 is 2.26 bits per heavy atom. The SMILES string of the molecule is Cn1cc(CNCc2cc(C(N)=O)ccc2F)cn1. The van der Waals surface area contributed by atoms with Crippen LogP contribution in [0.25, 0.3) is 0 Å². The molecule has 1 aromatic heterocycles.